The van der Waals surface area contributed by atoms with Crippen LogP contribution in [0.15, 0.2) is 97.3 Å². The smallest absolute Gasteiger partial charge is 0.225 e. The summed E-state index contributed by atoms with van der Waals surface area (Å²) in [7, 11) is 0. The second-order valence-electron chi connectivity index (χ2n) is 6.76. The fourth-order valence-corrected chi connectivity index (χ4v) is 3.37. The highest BCUT2D eigenvalue weighted by molar-refractivity contribution is 6.30. The van der Waals surface area contributed by atoms with Gasteiger partial charge in [0.1, 0.15) is 0 Å². The lowest BCUT2D eigenvalue weighted by Crippen LogP contribution is -2.30. The Morgan fingerprint density at radius 2 is 1.59 bits per heavy atom. The summed E-state index contributed by atoms with van der Waals surface area (Å²) in [5, 5.41) is 8.05. The molecule has 0 saturated heterocycles. The minimum absolute atomic E-state index is 0.0411. The number of halogens is 1. The Morgan fingerprint density at radius 3 is 2.24 bits per heavy atom. The normalized spacial score (nSPS) is 11.8. The first kappa shape index (κ1) is 19.0. The molecular formula is C24H20ClN3O. The Labute approximate surface area is 174 Å². The van der Waals surface area contributed by atoms with E-state index in [0.717, 1.165) is 22.4 Å². The van der Waals surface area contributed by atoms with Crippen molar-refractivity contribution in [1.82, 2.24) is 15.1 Å². The maximum atomic E-state index is 12.8. The molecule has 29 heavy (non-hydrogen) atoms. The number of hydrogen-bond donors (Lipinski definition) is 1. The van der Waals surface area contributed by atoms with Gasteiger partial charge in [0, 0.05) is 17.4 Å². The van der Waals surface area contributed by atoms with Gasteiger partial charge in [0.05, 0.1) is 18.2 Å². The highest BCUT2D eigenvalue weighted by Gasteiger charge is 2.17. The molecule has 4 nitrogen and oxygen atoms in total. The molecule has 1 aromatic heterocycles. The number of hydrogen-bond acceptors (Lipinski definition) is 2. The highest BCUT2D eigenvalue weighted by atomic mass is 35.5. The number of carbonyl (C=O) groups is 1. The number of rotatable bonds is 6. The first-order valence-electron chi connectivity index (χ1n) is 9.38. The quantitative estimate of drug-likeness (QED) is 0.495. The molecular weight excluding hydrogens is 382 g/mol. The summed E-state index contributed by atoms with van der Waals surface area (Å²) in [4.78, 5) is 12.8. The van der Waals surface area contributed by atoms with Gasteiger partial charge in [-0.25, -0.2) is 4.68 Å². The van der Waals surface area contributed by atoms with Gasteiger partial charge in [0.25, 0.3) is 0 Å². The molecule has 0 fully saturated rings. The fourth-order valence-electron chi connectivity index (χ4n) is 3.25. The average molecular weight is 402 g/mol. The van der Waals surface area contributed by atoms with Crippen molar-refractivity contribution >= 4 is 17.5 Å². The molecule has 1 unspecified atom stereocenters. The number of nitrogens with one attached hydrogen (secondary N) is 1. The van der Waals surface area contributed by atoms with Crippen molar-refractivity contribution in [3.8, 4) is 5.69 Å². The summed E-state index contributed by atoms with van der Waals surface area (Å²) in [6.45, 7) is 0. The van der Waals surface area contributed by atoms with Crippen LogP contribution in [0, 0.1) is 0 Å². The molecule has 0 aliphatic heterocycles. The van der Waals surface area contributed by atoms with Gasteiger partial charge < -0.3 is 5.32 Å². The lowest BCUT2D eigenvalue weighted by Gasteiger charge is -2.20. The minimum Gasteiger partial charge on any atom is -0.345 e. The number of carbonyl (C=O) groups excluding carboxylic acids is 1. The number of nitrogens with zero attached hydrogens (tertiary/aromatic N) is 2. The molecule has 0 radical (unpaired) electrons. The van der Waals surface area contributed by atoms with Crippen LogP contribution < -0.4 is 5.32 Å². The number of aromatic nitrogens is 2. The van der Waals surface area contributed by atoms with E-state index >= 15 is 0 Å². The molecule has 1 N–H and O–H groups in total. The third-order valence-electron chi connectivity index (χ3n) is 4.71. The van der Waals surface area contributed by atoms with Crippen molar-refractivity contribution in [3.63, 3.8) is 0 Å². The zero-order valence-electron chi connectivity index (χ0n) is 15.7. The first-order chi connectivity index (χ1) is 14.2. The van der Waals surface area contributed by atoms with Gasteiger partial charge in [-0.15, -0.1) is 0 Å². The molecule has 144 valence electrons. The van der Waals surface area contributed by atoms with Crippen LogP contribution in [0.5, 0.6) is 0 Å². The summed E-state index contributed by atoms with van der Waals surface area (Å²) in [5.74, 6) is -0.0411. The molecule has 5 heteroatoms. The maximum Gasteiger partial charge on any atom is 0.225 e. The molecule has 4 aromatic rings. The van der Waals surface area contributed by atoms with Gasteiger partial charge in [-0.3, -0.25) is 4.79 Å². The Bertz CT molecular complexity index is 1060. The van der Waals surface area contributed by atoms with Crippen LogP contribution in [-0.2, 0) is 11.2 Å². The zero-order chi connectivity index (χ0) is 20.1. The molecule has 0 saturated carbocycles. The standard InChI is InChI=1S/C24H20ClN3O/c25-21-11-9-20(10-12-21)24(19-5-2-1-3-6-19)27-23(29)17-18-7-13-22(14-8-18)28-16-4-15-26-28/h1-16,24H,17H2,(H,27,29). The monoisotopic (exact) mass is 401 g/mol. The van der Waals surface area contributed by atoms with Crippen molar-refractivity contribution < 1.29 is 4.79 Å². The number of amides is 1. The van der Waals surface area contributed by atoms with E-state index in [2.05, 4.69) is 10.4 Å². The van der Waals surface area contributed by atoms with Gasteiger partial charge in [-0.1, -0.05) is 66.2 Å². The third-order valence-corrected chi connectivity index (χ3v) is 4.96. The van der Waals surface area contributed by atoms with E-state index in [9.17, 15) is 4.79 Å². The largest absolute Gasteiger partial charge is 0.345 e. The number of benzene rings is 3. The lowest BCUT2D eigenvalue weighted by molar-refractivity contribution is -0.120. The SMILES string of the molecule is O=C(Cc1ccc(-n2cccn2)cc1)NC(c1ccccc1)c1ccc(Cl)cc1. The van der Waals surface area contributed by atoms with E-state index in [0.29, 0.717) is 11.4 Å². The second kappa shape index (κ2) is 8.76. The van der Waals surface area contributed by atoms with E-state index in [4.69, 9.17) is 11.6 Å². The molecule has 1 amide bonds. The Kier molecular flexibility index (Phi) is 5.73. The van der Waals surface area contributed by atoms with E-state index in [1.54, 1.807) is 10.9 Å². The van der Waals surface area contributed by atoms with Crippen LogP contribution in [0.2, 0.25) is 5.02 Å². The summed E-state index contributed by atoms with van der Waals surface area (Å²) < 4.78 is 1.79. The van der Waals surface area contributed by atoms with Crippen LogP contribution >= 0.6 is 11.6 Å². The Balaban J connectivity index is 1.50. The molecule has 1 heterocycles. The van der Waals surface area contributed by atoms with Crippen molar-refractivity contribution in [2.24, 2.45) is 0 Å². The molecule has 0 aliphatic rings. The molecule has 1 atom stereocenters. The van der Waals surface area contributed by atoms with Crippen LogP contribution in [0.1, 0.15) is 22.7 Å². The molecule has 0 aliphatic carbocycles. The van der Waals surface area contributed by atoms with Crippen LogP contribution in [0.3, 0.4) is 0 Å². The van der Waals surface area contributed by atoms with Crippen LogP contribution in [0.25, 0.3) is 5.69 Å². The van der Waals surface area contributed by atoms with E-state index < -0.39 is 0 Å². The van der Waals surface area contributed by atoms with Gasteiger partial charge in [0.15, 0.2) is 0 Å². The maximum absolute atomic E-state index is 12.8. The second-order valence-corrected chi connectivity index (χ2v) is 7.19. The van der Waals surface area contributed by atoms with Crippen LogP contribution in [-0.4, -0.2) is 15.7 Å². The predicted molar refractivity (Wildman–Crippen MR) is 115 cm³/mol. The Hall–Kier alpha value is -3.37. The first-order valence-corrected chi connectivity index (χ1v) is 9.75. The Morgan fingerprint density at radius 1 is 0.897 bits per heavy atom. The zero-order valence-corrected chi connectivity index (χ0v) is 16.5. The molecule has 4 rings (SSSR count). The van der Waals surface area contributed by atoms with Crippen molar-refractivity contribution in [2.45, 2.75) is 12.5 Å². The molecule has 0 bridgehead atoms. The summed E-state index contributed by atoms with van der Waals surface area (Å²) in [5.41, 5.74) is 3.92. The summed E-state index contributed by atoms with van der Waals surface area (Å²) in [6, 6.07) is 27.0. The topological polar surface area (TPSA) is 46.9 Å². The van der Waals surface area contributed by atoms with Gasteiger partial charge in [0.2, 0.25) is 5.91 Å². The van der Waals surface area contributed by atoms with E-state index in [1.165, 1.54) is 0 Å². The average Bonchev–Trinajstić information content (AvgIpc) is 3.29. The summed E-state index contributed by atoms with van der Waals surface area (Å²) >= 11 is 6.03. The van der Waals surface area contributed by atoms with Gasteiger partial charge in [-0.2, -0.15) is 5.10 Å². The highest BCUT2D eigenvalue weighted by Crippen LogP contribution is 2.24. The summed E-state index contributed by atoms with van der Waals surface area (Å²) in [6.07, 6.45) is 3.93. The van der Waals surface area contributed by atoms with Crippen LogP contribution in [0.4, 0.5) is 0 Å². The van der Waals surface area contributed by atoms with Gasteiger partial charge >= 0.3 is 0 Å². The van der Waals surface area contributed by atoms with Gasteiger partial charge in [-0.05, 0) is 47.0 Å². The minimum atomic E-state index is -0.232. The van der Waals surface area contributed by atoms with Crippen molar-refractivity contribution in [1.29, 1.82) is 0 Å². The van der Waals surface area contributed by atoms with E-state index in [-0.39, 0.29) is 11.9 Å². The molecule has 3 aromatic carbocycles. The predicted octanol–water partition coefficient (Wildman–Crippen LogP) is 4.97. The molecule has 0 spiro atoms. The van der Waals surface area contributed by atoms with E-state index in [1.807, 2.05) is 91.1 Å². The van der Waals surface area contributed by atoms with Crippen molar-refractivity contribution in [3.05, 3.63) is 119 Å². The third kappa shape index (κ3) is 4.73. The van der Waals surface area contributed by atoms with Crippen molar-refractivity contribution in [2.75, 3.05) is 0 Å². The fraction of sp³-hybridized carbons (Fsp3) is 0.0833. The lowest BCUT2D eigenvalue weighted by atomic mass is 9.98.